The molecule has 0 amide bonds. The van der Waals surface area contributed by atoms with Gasteiger partial charge in [-0.2, -0.15) is 11.3 Å². The van der Waals surface area contributed by atoms with Crippen LogP contribution in [0.15, 0.2) is 46.1 Å². The van der Waals surface area contributed by atoms with Gasteiger partial charge in [-0.05, 0) is 47.1 Å². The van der Waals surface area contributed by atoms with Gasteiger partial charge in [-0.3, -0.25) is 0 Å². The Morgan fingerprint density at radius 2 is 1.74 bits per heavy atom. The molecule has 0 unspecified atom stereocenters. The minimum atomic E-state index is -0.832. The van der Waals surface area contributed by atoms with Gasteiger partial charge in [-0.25, -0.2) is 13.8 Å². The van der Waals surface area contributed by atoms with Crippen molar-refractivity contribution in [1.29, 1.82) is 0 Å². The van der Waals surface area contributed by atoms with E-state index in [1.807, 2.05) is 17.5 Å². The average molecular weight is 459 g/mol. The number of amidine groups is 1. The molecule has 5 rings (SSSR count). The topological polar surface area (TPSA) is 22.1 Å². The fourth-order valence-electron chi connectivity index (χ4n) is 4.11. The zero-order valence-corrected chi connectivity index (χ0v) is 18.8. The van der Waals surface area contributed by atoms with Crippen molar-refractivity contribution in [3.8, 4) is 11.1 Å². The molecule has 1 aromatic heterocycles. The summed E-state index contributed by atoms with van der Waals surface area (Å²) in [5, 5.41) is 3.61. The molecule has 0 aliphatic carbocycles. The normalized spacial score (nSPS) is 16.6. The largest absolute Gasteiger partial charge is 0.353 e. The van der Waals surface area contributed by atoms with Gasteiger partial charge < -0.3 is 14.7 Å². The highest BCUT2D eigenvalue weighted by Gasteiger charge is 2.30. The van der Waals surface area contributed by atoms with Crippen LogP contribution in [0.3, 0.4) is 0 Å². The molecule has 0 N–H and O–H groups in total. The maximum atomic E-state index is 15.1. The molecule has 0 spiro atoms. The highest BCUT2D eigenvalue weighted by Crippen LogP contribution is 2.44. The van der Waals surface area contributed by atoms with E-state index in [1.165, 1.54) is 6.07 Å². The molecule has 0 atom stereocenters. The number of anilines is 2. The molecule has 0 saturated carbocycles. The molecule has 4 nitrogen and oxygen atoms in total. The summed E-state index contributed by atoms with van der Waals surface area (Å²) in [6.07, 6.45) is 0. The Morgan fingerprint density at radius 3 is 2.45 bits per heavy atom. The Hall–Kier alpha value is -2.48. The molecule has 8 heteroatoms. The van der Waals surface area contributed by atoms with Crippen molar-refractivity contribution in [2.24, 2.45) is 4.99 Å². The van der Waals surface area contributed by atoms with Crippen molar-refractivity contribution in [2.75, 3.05) is 45.2 Å². The number of nitrogens with zero attached hydrogens (tertiary/aromatic N) is 4. The number of aliphatic imine (C=N–C) groups is 1. The molecule has 2 aliphatic heterocycles. The number of piperazine rings is 1. The highest BCUT2D eigenvalue weighted by molar-refractivity contribution is 7.08. The summed E-state index contributed by atoms with van der Waals surface area (Å²) >= 11 is 7.55. The van der Waals surface area contributed by atoms with Crippen LogP contribution in [0.1, 0.15) is 5.56 Å². The number of hydrogen-bond acceptors (Lipinski definition) is 5. The van der Waals surface area contributed by atoms with Crippen molar-refractivity contribution < 1.29 is 8.78 Å². The predicted octanol–water partition coefficient (Wildman–Crippen LogP) is 5.75. The number of halogens is 3. The summed E-state index contributed by atoms with van der Waals surface area (Å²) in [5.41, 5.74) is 4.34. The highest BCUT2D eigenvalue weighted by atomic mass is 35.5. The fraction of sp³-hybridized carbons (Fsp3) is 0.261. The van der Waals surface area contributed by atoms with Gasteiger partial charge in [0.2, 0.25) is 0 Å². The van der Waals surface area contributed by atoms with Crippen LogP contribution in [0.25, 0.3) is 11.1 Å². The lowest BCUT2D eigenvalue weighted by Gasteiger charge is -2.35. The van der Waals surface area contributed by atoms with Gasteiger partial charge in [0.05, 0.1) is 11.4 Å². The molecule has 3 aromatic rings. The third-order valence-corrected chi connectivity index (χ3v) is 6.98. The standard InChI is InChI=1S/C23H21ClF2N4S/c1-28-6-8-30(9-7-28)23-16-11-14(15-5-10-31-13-15)3-4-18(16)29(2)19-12-17(25)20(24)21(26)22(19)27-23/h3-5,10-13H,6-9H2,1-2H3. The lowest BCUT2D eigenvalue weighted by atomic mass is 10.0. The Labute approximate surface area is 189 Å². The van der Waals surface area contributed by atoms with Crippen LogP contribution >= 0.6 is 22.9 Å². The maximum Gasteiger partial charge on any atom is 0.172 e. The Balaban J connectivity index is 1.74. The van der Waals surface area contributed by atoms with Gasteiger partial charge in [-0.15, -0.1) is 0 Å². The van der Waals surface area contributed by atoms with E-state index in [2.05, 4.69) is 34.4 Å². The fourth-order valence-corrected chi connectivity index (χ4v) is 4.92. The summed E-state index contributed by atoms with van der Waals surface area (Å²) in [6, 6.07) is 9.45. The predicted molar refractivity (Wildman–Crippen MR) is 124 cm³/mol. The molecule has 31 heavy (non-hydrogen) atoms. The van der Waals surface area contributed by atoms with E-state index in [1.54, 1.807) is 23.3 Å². The molecule has 160 valence electrons. The number of fused-ring (bicyclic) bond motifs is 2. The van der Waals surface area contributed by atoms with Gasteiger partial charge in [0.15, 0.2) is 5.82 Å². The van der Waals surface area contributed by atoms with E-state index < -0.39 is 16.7 Å². The molecular weight excluding hydrogens is 438 g/mol. The number of thiophene rings is 1. The lowest BCUT2D eigenvalue weighted by Crippen LogP contribution is -2.47. The maximum absolute atomic E-state index is 15.1. The second-order valence-electron chi connectivity index (χ2n) is 7.88. The van der Waals surface area contributed by atoms with Crippen LogP contribution in [0.4, 0.5) is 25.8 Å². The second-order valence-corrected chi connectivity index (χ2v) is 9.04. The van der Waals surface area contributed by atoms with Gasteiger partial charge in [0, 0.05) is 44.9 Å². The third-order valence-electron chi connectivity index (χ3n) is 5.95. The van der Waals surface area contributed by atoms with Crippen LogP contribution in [-0.4, -0.2) is 55.9 Å². The molecule has 0 radical (unpaired) electrons. The molecule has 2 aromatic carbocycles. The number of benzene rings is 2. The SMILES string of the molecule is CN1CCN(C2=Nc3c(cc(F)c(Cl)c3F)N(C)c3ccc(-c4ccsc4)cc32)CC1. The van der Waals surface area contributed by atoms with Crippen molar-refractivity contribution >= 4 is 45.8 Å². The summed E-state index contributed by atoms with van der Waals surface area (Å²) < 4.78 is 29.4. The molecule has 2 aliphatic rings. The van der Waals surface area contributed by atoms with Crippen LogP contribution in [0, 0.1) is 11.6 Å². The Morgan fingerprint density at radius 1 is 0.968 bits per heavy atom. The molecule has 0 bridgehead atoms. The lowest BCUT2D eigenvalue weighted by molar-refractivity contribution is 0.216. The van der Waals surface area contributed by atoms with Crippen molar-refractivity contribution in [2.45, 2.75) is 0 Å². The van der Waals surface area contributed by atoms with Crippen LogP contribution in [0.2, 0.25) is 5.02 Å². The number of likely N-dealkylation sites (N-methyl/N-ethyl adjacent to an activating group) is 1. The molecule has 1 saturated heterocycles. The quantitative estimate of drug-likeness (QED) is 0.433. The monoisotopic (exact) mass is 458 g/mol. The summed E-state index contributed by atoms with van der Waals surface area (Å²) in [7, 11) is 3.89. The summed E-state index contributed by atoms with van der Waals surface area (Å²) in [6.45, 7) is 3.31. The van der Waals surface area contributed by atoms with E-state index >= 15 is 4.39 Å². The minimum Gasteiger partial charge on any atom is -0.353 e. The molecule has 1 fully saturated rings. The van der Waals surface area contributed by atoms with Crippen LogP contribution < -0.4 is 4.90 Å². The summed E-state index contributed by atoms with van der Waals surface area (Å²) in [4.78, 5) is 11.0. The number of hydrogen-bond donors (Lipinski definition) is 0. The van der Waals surface area contributed by atoms with Gasteiger partial charge in [0.1, 0.15) is 22.4 Å². The van der Waals surface area contributed by atoms with E-state index in [0.717, 1.165) is 48.6 Å². The van der Waals surface area contributed by atoms with Gasteiger partial charge in [0.25, 0.3) is 0 Å². The molecule has 3 heterocycles. The van der Waals surface area contributed by atoms with Crippen molar-refractivity contribution in [1.82, 2.24) is 9.80 Å². The first-order valence-corrected chi connectivity index (χ1v) is 11.4. The van der Waals surface area contributed by atoms with E-state index in [-0.39, 0.29) is 5.69 Å². The van der Waals surface area contributed by atoms with Crippen LogP contribution in [0.5, 0.6) is 0 Å². The smallest absolute Gasteiger partial charge is 0.172 e. The first kappa shape index (κ1) is 20.4. The Bertz CT molecular complexity index is 1170. The zero-order valence-electron chi connectivity index (χ0n) is 17.2. The van der Waals surface area contributed by atoms with E-state index in [9.17, 15) is 4.39 Å². The third kappa shape index (κ3) is 3.50. The summed E-state index contributed by atoms with van der Waals surface area (Å²) in [5.74, 6) is -0.937. The van der Waals surface area contributed by atoms with Crippen molar-refractivity contribution in [3.05, 3.63) is 63.3 Å². The minimum absolute atomic E-state index is 0.0658. The average Bonchev–Trinajstić information content (AvgIpc) is 3.28. The number of rotatable bonds is 1. The first-order valence-electron chi connectivity index (χ1n) is 10.0. The van der Waals surface area contributed by atoms with Gasteiger partial charge in [-0.1, -0.05) is 17.7 Å². The van der Waals surface area contributed by atoms with E-state index in [4.69, 9.17) is 16.6 Å². The van der Waals surface area contributed by atoms with Gasteiger partial charge >= 0.3 is 0 Å². The zero-order chi connectivity index (χ0) is 21.7. The van der Waals surface area contributed by atoms with E-state index in [0.29, 0.717) is 11.5 Å². The van der Waals surface area contributed by atoms with Crippen molar-refractivity contribution in [3.63, 3.8) is 0 Å². The van der Waals surface area contributed by atoms with Crippen LogP contribution in [-0.2, 0) is 0 Å². The second kappa shape index (κ2) is 7.89. The Kier molecular flexibility index (Phi) is 5.20. The first-order chi connectivity index (χ1) is 14.9. The molecular formula is C23H21ClF2N4S.